The maximum Gasteiger partial charge on any atom is 0.303 e. The largest absolute Gasteiger partial charge is 0.481 e. The third kappa shape index (κ3) is 8.45. The summed E-state index contributed by atoms with van der Waals surface area (Å²) in [6, 6.07) is 0. The van der Waals surface area contributed by atoms with Crippen LogP contribution in [0, 0.1) is 11.8 Å². The molecule has 142 valence electrons. The molecular weight excluding hydrogens is 320 g/mol. The van der Waals surface area contributed by atoms with Gasteiger partial charge in [0.05, 0.1) is 6.10 Å². The Hall–Kier alpha value is -1.46. The Morgan fingerprint density at radius 2 is 2.04 bits per heavy atom. The fourth-order valence-corrected chi connectivity index (χ4v) is 3.26. The van der Waals surface area contributed by atoms with E-state index in [0.29, 0.717) is 19.3 Å². The van der Waals surface area contributed by atoms with Gasteiger partial charge >= 0.3 is 5.97 Å². The van der Waals surface area contributed by atoms with Crippen molar-refractivity contribution in [2.45, 2.75) is 76.9 Å². The fraction of sp³-hybridized carbons (Fsp3) is 0.700. The van der Waals surface area contributed by atoms with E-state index in [1.54, 1.807) is 12.2 Å². The molecule has 0 heterocycles. The molecule has 3 N–H and O–H groups in total. The Bertz CT molecular complexity index is 469. The molecular formula is C20H32O5. The molecule has 1 aliphatic rings. The number of aliphatic hydroxyl groups excluding tert-OH is 2. The van der Waals surface area contributed by atoms with Crippen molar-refractivity contribution < 1.29 is 24.9 Å². The second-order valence-electron chi connectivity index (χ2n) is 6.89. The molecule has 0 radical (unpaired) electrons. The van der Waals surface area contributed by atoms with Crippen molar-refractivity contribution >= 4 is 11.8 Å². The van der Waals surface area contributed by atoms with Gasteiger partial charge in [-0.05, 0) is 38.0 Å². The van der Waals surface area contributed by atoms with Crippen molar-refractivity contribution in [2.75, 3.05) is 0 Å². The molecule has 0 amide bonds. The van der Waals surface area contributed by atoms with Gasteiger partial charge in [0, 0.05) is 18.8 Å². The van der Waals surface area contributed by atoms with Gasteiger partial charge < -0.3 is 15.3 Å². The molecule has 0 saturated heterocycles. The van der Waals surface area contributed by atoms with Crippen LogP contribution in [0.3, 0.4) is 0 Å². The number of Topliss-reactive ketones (excluding diaryl/α,β-unsaturated/α-hetero) is 1. The highest BCUT2D eigenvalue weighted by Gasteiger charge is 2.39. The van der Waals surface area contributed by atoms with E-state index in [1.165, 1.54) is 12.8 Å². The highest BCUT2D eigenvalue weighted by Crippen LogP contribution is 2.34. The number of carbonyl (C=O) groups is 2. The fourth-order valence-electron chi connectivity index (χ4n) is 3.26. The summed E-state index contributed by atoms with van der Waals surface area (Å²) in [7, 11) is 0. The number of hydrogen-bond donors (Lipinski definition) is 3. The first-order chi connectivity index (χ1) is 12.0. The lowest BCUT2D eigenvalue weighted by Crippen LogP contribution is -2.22. The Kier molecular flexibility index (Phi) is 10.3. The molecule has 1 rings (SSSR count). The molecule has 5 heteroatoms. The Labute approximate surface area is 150 Å². The van der Waals surface area contributed by atoms with Gasteiger partial charge in [-0.3, -0.25) is 9.59 Å². The summed E-state index contributed by atoms with van der Waals surface area (Å²) in [5.41, 5.74) is 0. The van der Waals surface area contributed by atoms with Crippen LogP contribution in [0.1, 0.15) is 64.7 Å². The van der Waals surface area contributed by atoms with Crippen molar-refractivity contribution in [3.63, 3.8) is 0 Å². The van der Waals surface area contributed by atoms with Crippen molar-refractivity contribution in [1.29, 1.82) is 0 Å². The van der Waals surface area contributed by atoms with Crippen molar-refractivity contribution in [3.05, 3.63) is 24.3 Å². The highest BCUT2D eigenvalue weighted by molar-refractivity contribution is 5.86. The number of carboxylic acids is 1. The first-order valence-electron chi connectivity index (χ1n) is 9.39. The molecule has 0 unspecified atom stereocenters. The lowest BCUT2D eigenvalue weighted by Gasteiger charge is -2.17. The summed E-state index contributed by atoms with van der Waals surface area (Å²) in [4.78, 5) is 22.4. The maximum atomic E-state index is 11.8. The lowest BCUT2D eigenvalue weighted by atomic mass is 9.89. The summed E-state index contributed by atoms with van der Waals surface area (Å²) in [6.07, 6.45) is 12.3. The molecule has 0 aromatic heterocycles. The molecule has 0 aromatic rings. The van der Waals surface area contributed by atoms with E-state index in [1.807, 2.05) is 6.08 Å². The number of unbranched alkanes of at least 4 members (excludes halogenated alkanes) is 3. The van der Waals surface area contributed by atoms with Gasteiger partial charge in [0.25, 0.3) is 0 Å². The Balaban J connectivity index is 2.44. The van der Waals surface area contributed by atoms with Crippen LogP contribution >= 0.6 is 0 Å². The number of aliphatic carboxylic acids is 1. The molecule has 0 bridgehead atoms. The van der Waals surface area contributed by atoms with Crippen LogP contribution in [0.2, 0.25) is 0 Å². The molecule has 1 aliphatic carbocycles. The van der Waals surface area contributed by atoms with Gasteiger partial charge in [0.2, 0.25) is 0 Å². The first kappa shape index (κ1) is 21.6. The average molecular weight is 352 g/mol. The predicted molar refractivity (Wildman–Crippen MR) is 97.1 cm³/mol. The summed E-state index contributed by atoms with van der Waals surface area (Å²) < 4.78 is 0. The van der Waals surface area contributed by atoms with Gasteiger partial charge in [0.1, 0.15) is 6.10 Å². The van der Waals surface area contributed by atoms with Gasteiger partial charge in [-0.1, -0.05) is 44.1 Å². The van der Waals surface area contributed by atoms with Crippen LogP contribution in [0.4, 0.5) is 0 Å². The third-order valence-corrected chi connectivity index (χ3v) is 4.74. The van der Waals surface area contributed by atoms with Crippen LogP contribution in [-0.2, 0) is 9.59 Å². The Morgan fingerprint density at radius 3 is 2.72 bits per heavy atom. The summed E-state index contributed by atoms with van der Waals surface area (Å²) >= 11 is 0. The van der Waals surface area contributed by atoms with Gasteiger partial charge in [-0.2, -0.15) is 0 Å². The SMILES string of the molecule is CCCCC/C=C\C[C@@H](O)/C=C/[C@@H]1[C@@H](CCCC(=O)O)CC(=O)[C@@H]1O. The van der Waals surface area contributed by atoms with E-state index in [9.17, 15) is 19.8 Å². The van der Waals surface area contributed by atoms with E-state index in [0.717, 1.165) is 12.8 Å². The average Bonchev–Trinajstić information content (AvgIpc) is 2.83. The molecule has 4 atom stereocenters. The van der Waals surface area contributed by atoms with E-state index in [4.69, 9.17) is 5.11 Å². The number of rotatable bonds is 12. The minimum absolute atomic E-state index is 0.0464. The first-order valence-corrected chi connectivity index (χ1v) is 9.39. The molecule has 5 nitrogen and oxygen atoms in total. The van der Waals surface area contributed by atoms with Gasteiger partial charge in [-0.25, -0.2) is 0 Å². The van der Waals surface area contributed by atoms with Crippen LogP contribution in [0.5, 0.6) is 0 Å². The van der Waals surface area contributed by atoms with E-state index in [2.05, 4.69) is 13.0 Å². The molecule has 1 saturated carbocycles. The molecule has 0 aliphatic heterocycles. The van der Waals surface area contributed by atoms with E-state index < -0.39 is 18.2 Å². The number of ketones is 1. The Morgan fingerprint density at radius 1 is 1.28 bits per heavy atom. The van der Waals surface area contributed by atoms with Crippen LogP contribution < -0.4 is 0 Å². The summed E-state index contributed by atoms with van der Waals surface area (Å²) in [5, 5.41) is 28.8. The third-order valence-electron chi connectivity index (χ3n) is 4.74. The molecule has 1 fully saturated rings. The summed E-state index contributed by atoms with van der Waals surface area (Å²) in [6.45, 7) is 2.16. The molecule has 0 aromatic carbocycles. The number of carbonyl (C=O) groups excluding carboxylic acids is 1. The van der Waals surface area contributed by atoms with Crippen LogP contribution in [0.25, 0.3) is 0 Å². The van der Waals surface area contributed by atoms with Gasteiger partial charge in [-0.15, -0.1) is 0 Å². The molecule has 0 spiro atoms. The number of hydrogen-bond acceptors (Lipinski definition) is 4. The van der Waals surface area contributed by atoms with Crippen LogP contribution in [0.15, 0.2) is 24.3 Å². The minimum atomic E-state index is -1.04. The quantitative estimate of drug-likeness (QED) is 0.370. The summed E-state index contributed by atoms with van der Waals surface area (Å²) in [5.74, 6) is -1.42. The monoisotopic (exact) mass is 352 g/mol. The number of aliphatic hydroxyl groups is 2. The standard InChI is InChI=1S/C20H32O5/c1-2-3-4-5-6-7-10-16(21)12-13-17-15(9-8-11-19(23)24)14-18(22)20(17)25/h6-7,12-13,15-17,20-21,25H,2-5,8-11,14H2,1H3,(H,23,24)/b7-6-,13-12+/t15-,16+,17+,20+/m0/s1. The second kappa shape index (κ2) is 12.0. The predicted octanol–water partition coefficient (Wildman–Crippen LogP) is 3.25. The van der Waals surface area contributed by atoms with Crippen molar-refractivity contribution in [1.82, 2.24) is 0 Å². The second-order valence-corrected chi connectivity index (χ2v) is 6.89. The van der Waals surface area contributed by atoms with Crippen molar-refractivity contribution in [3.8, 4) is 0 Å². The zero-order valence-corrected chi connectivity index (χ0v) is 15.1. The maximum absolute atomic E-state index is 11.8. The normalized spacial score (nSPS) is 25.2. The smallest absolute Gasteiger partial charge is 0.303 e. The van der Waals surface area contributed by atoms with Crippen molar-refractivity contribution in [2.24, 2.45) is 11.8 Å². The van der Waals surface area contributed by atoms with E-state index in [-0.39, 0.29) is 30.5 Å². The zero-order valence-electron chi connectivity index (χ0n) is 15.1. The van der Waals surface area contributed by atoms with Crippen LogP contribution in [-0.4, -0.2) is 39.3 Å². The zero-order chi connectivity index (χ0) is 18.7. The number of allylic oxidation sites excluding steroid dienone is 1. The van der Waals surface area contributed by atoms with Gasteiger partial charge in [0.15, 0.2) is 5.78 Å². The highest BCUT2D eigenvalue weighted by atomic mass is 16.4. The number of carboxylic acid groups (broad SMARTS) is 1. The topological polar surface area (TPSA) is 94.8 Å². The van der Waals surface area contributed by atoms with E-state index >= 15 is 0 Å². The molecule has 25 heavy (non-hydrogen) atoms. The minimum Gasteiger partial charge on any atom is -0.481 e. The lowest BCUT2D eigenvalue weighted by molar-refractivity contribution is -0.137.